The zero-order valence-corrected chi connectivity index (χ0v) is 13.6. The van der Waals surface area contributed by atoms with E-state index in [9.17, 15) is 8.42 Å². The van der Waals surface area contributed by atoms with Gasteiger partial charge in [-0.3, -0.25) is 0 Å². The summed E-state index contributed by atoms with van der Waals surface area (Å²) in [6.07, 6.45) is 4.83. The van der Waals surface area contributed by atoms with Crippen LogP contribution in [0.4, 0.5) is 0 Å². The third-order valence-corrected chi connectivity index (χ3v) is 5.99. The first-order valence-electron chi connectivity index (χ1n) is 7.31. The van der Waals surface area contributed by atoms with Gasteiger partial charge >= 0.3 is 0 Å². The van der Waals surface area contributed by atoms with Gasteiger partial charge in [0.15, 0.2) is 0 Å². The Morgan fingerprint density at radius 1 is 1.43 bits per heavy atom. The molecular weight excluding hydrogens is 310 g/mol. The highest BCUT2D eigenvalue weighted by Crippen LogP contribution is 2.30. The van der Waals surface area contributed by atoms with E-state index in [4.69, 9.17) is 11.6 Å². The normalized spacial score (nSPS) is 23.6. The number of aryl methyl sites for hydroxylation is 1. The molecule has 0 bridgehead atoms. The van der Waals surface area contributed by atoms with Crippen molar-refractivity contribution in [2.75, 3.05) is 19.6 Å². The third-order valence-electron chi connectivity index (χ3n) is 4.11. The number of pyridine rings is 1. The molecule has 1 aromatic heterocycles. The molecule has 2 heterocycles. The van der Waals surface area contributed by atoms with Crippen molar-refractivity contribution in [3.8, 4) is 0 Å². The molecule has 0 amide bonds. The van der Waals surface area contributed by atoms with E-state index in [2.05, 4.69) is 14.6 Å². The summed E-state index contributed by atoms with van der Waals surface area (Å²) in [5.41, 5.74) is 0.668. The summed E-state index contributed by atoms with van der Waals surface area (Å²) in [6.45, 7) is 4.64. The highest BCUT2D eigenvalue weighted by Gasteiger charge is 2.31. The van der Waals surface area contributed by atoms with Crippen molar-refractivity contribution < 1.29 is 8.42 Å². The molecule has 2 fully saturated rings. The van der Waals surface area contributed by atoms with Gasteiger partial charge in [0.25, 0.3) is 0 Å². The summed E-state index contributed by atoms with van der Waals surface area (Å²) in [6, 6.07) is 1.55. The molecule has 1 saturated heterocycles. The van der Waals surface area contributed by atoms with Gasteiger partial charge in [0, 0.05) is 25.3 Å². The second kappa shape index (κ2) is 5.83. The van der Waals surface area contributed by atoms with Crippen molar-refractivity contribution in [3.05, 3.63) is 23.0 Å². The van der Waals surface area contributed by atoms with Gasteiger partial charge in [-0.15, -0.1) is 0 Å². The van der Waals surface area contributed by atoms with E-state index in [1.807, 2.05) is 0 Å². The van der Waals surface area contributed by atoms with Crippen molar-refractivity contribution in [2.45, 2.75) is 37.1 Å². The highest BCUT2D eigenvalue weighted by molar-refractivity contribution is 7.89. The molecule has 1 aromatic rings. The first kappa shape index (κ1) is 15.2. The van der Waals surface area contributed by atoms with Gasteiger partial charge in [0.05, 0.1) is 0 Å². The van der Waals surface area contributed by atoms with Crippen LogP contribution in [0.5, 0.6) is 0 Å². The quantitative estimate of drug-likeness (QED) is 0.837. The van der Waals surface area contributed by atoms with Crippen molar-refractivity contribution in [2.24, 2.45) is 5.92 Å². The fourth-order valence-corrected chi connectivity index (χ4v) is 4.12. The maximum Gasteiger partial charge on any atom is 0.242 e. The van der Waals surface area contributed by atoms with Crippen LogP contribution in [0, 0.1) is 12.8 Å². The lowest BCUT2D eigenvalue weighted by molar-refractivity contribution is 0.318. The van der Waals surface area contributed by atoms with Crippen LogP contribution < -0.4 is 4.72 Å². The van der Waals surface area contributed by atoms with Gasteiger partial charge in [0.2, 0.25) is 10.0 Å². The van der Waals surface area contributed by atoms with E-state index in [0.717, 1.165) is 32.0 Å². The van der Waals surface area contributed by atoms with Crippen LogP contribution in [-0.2, 0) is 10.0 Å². The van der Waals surface area contributed by atoms with Gasteiger partial charge in [-0.1, -0.05) is 11.6 Å². The number of hydrogen-bond acceptors (Lipinski definition) is 4. The average molecular weight is 330 g/mol. The lowest BCUT2D eigenvalue weighted by atomic mass is 10.3. The van der Waals surface area contributed by atoms with Gasteiger partial charge in [-0.25, -0.2) is 18.1 Å². The number of hydrogen-bond donors (Lipinski definition) is 1. The van der Waals surface area contributed by atoms with Crippen LogP contribution in [0.3, 0.4) is 0 Å². The van der Waals surface area contributed by atoms with E-state index < -0.39 is 10.0 Å². The molecule has 0 aromatic carbocycles. The summed E-state index contributed by atoms with van der Waals surface area (Å²) < 4.78 is 27.5. The highest BCUT2D eigenvalue weighted by atomic mass is 35.5. The molecule has 5 nitrogen and oxygen atoms in total. The molecule has 7 heteroatoms. The van der Waals surface area contributed by atoms with Gasteiger partial charge in [-0.05, 0) is 50.3 Å². The Balaban J connectivity index is 1.64. The molecule has 1 unspecified atom stereocenters. The second-order valence-corrected chi connectivity index (χ2v) is 8.16. The Morgan fingerprint density at radius 2 is 2.19 bits per heavy atom. The minimum atomic E-state index is -3.52. The maximum absolute atomic E-state index is 12.4. The predicted octanol–water partition coefficient (Wildman–Crippen LogP) is 1.81. The van der Waals surface area contributed by atoms with Crippen LogP contribution >= 0.6 is 11.6 Å². The predicted molar refractivity (Wildman–Crippen MR) is 81.9 cm³/mol. The smallest absolute Gasteiger partial charge is 0.242 e. The Bertz CT molecular complexity index is 631. The third kappa shape index (κ3) is 3.74. The first-order valence-corrected chi connectivity index (χ1v) is 9.17. The number of likely N-dealkylation sites (tertiary alicyclic amines) is 1. The van der Waals surface area contributed by atoms with E-state index >= 15 is 0 Å². The largest absolute Gasteiger partial charge is 0.301 e. The number of sulfonamides is 1. The molecule has 0 radical (unpaired) electrons. The van der Waals surface area contributed by atoms with E-state index in [0.29, 0.717) is 10.7 Å². The first-order chi connectivity index (χ1) is 9.94. The lowest BCUT2D eigenvalue weighted by Gasteiger charge is -2.16. The molecule has 1 atom stereocenters. The summed E-state index contributed by atoms with van der Waals surface area (Å²) in [5, 5.41) is 0.338. The van der Waals surface area contributed by atoms with Gasteiger partial charge in [0.1, 0.15) is 10.0 Å². The Hall–Kier alpha value is -0.690. The Morgan fingerprint density at radius 3 is 2.86 bits per heavy atom. The fraction of sp³-hybridized carbons (Fsp3) is 0.643. The van der Waals surface area contributed by atoms with E-state index in [-0.39, 0.29) is 10.9 Å². The zero-order valence-electron chi connectivity index (χ0n) is 12.0. The Labute approximate surface area is 130 Å². The molecule has 1 aliphatic carbocycles. The van der Waals surface area contributed by atoms with Gasteiger partial charge < -0.3 is 4.90 Å². The summed E-state index contributed by atoms with van der Waals surface area (Å²) in [7, 11) is -3.52. The monoisotopic (exact) mass is 329 g/mol. The van der Waals surface area contributed by atoms with E-state index in [1.54, 1.807) is 13.0 Å². The molecule has 3 rings (SSSR count). The van der Waals surface area contributed by atoms with Crippen LogP contribution in [0.25, 0.3) is 0 Å². The van der Waals surface area contributed by atoms with Crippen molar-refractivity contribution in [3.63, 3.8) is 0 Å². The topological polar surface area (TPSA) is 62.3 Å². The molecule has 116 valence electrons. The number of rotatable bonds is 5. The summed E-state index contributed by atoms with van der Waals surface area (Å²) in [5.74, 6) is 0.837. The molecule has 1 N–H and O–H groups in total. The summed E-state index contributed by atoms with van der Waals surface area (Å²) >= 11 is 5.84. The molecular formula is C14H20ClN3O2S. The molecule has 1 aliphatic heterocycles. The molecule has 21 heavy (non-hydrogen) atoms. The second-order valence-electron chi connectivity index (χ2n) is 6.09. The Kier molecular flexibility index (Phi) is 4.23. The molecule has 1 saturated carbocycles. The van der Waals surface area contributed by atoms with Crippen LogP contribution in [0.2, 0.25) is 5.15 Å². The molecule has 2 aliphatic rings. The summed E-state index contributed by atoms with van der Waals surface area (Å²) in [4.78, 5) is 6.46. The van der Waals surface area contributed by atoms with Crippen LogP contribution in [0.15, 0.2) is 17.2 Å². The van der Waals surface area contributed by atoms with Crippen LogP contribution in [0.1, 0.15) is 24.8 Å². The number of aromatic nitrogens is 1. The zero-order chi connectivity index (χ0) is 15.0. The fourth-order valence-electron chi connectivity index (χ4n) is 2.73. The SMILES string of the molecule is Cc1cc(S(=O)(=O)NC2CCN(CC3CC3)C2)cnc1Cl. The van der Waals surface area contributed by atoms with Crippen molar-refractivity contribution in [1.82, 2.24) is 14.6 Å². The van der Waals surface area contributed by atoms with Crippen LogP contribution in [-0.4, -0.2) is 44.0 Å². The maximum atomic E-state index is 12.4. The lowest BCUT2D eigenvalue weighted by Crippen LogP contribution is -2.37. The minimum absolute atomic E-state index is 0.00951. The van der Waals surface area contributed by atoms with Gasteiger partial charge in [-0.2, -0.15) is 0 Å². The minimum Gasteiger partial charge on any atom is -0.301 e. The number of halogens is 1. The number of nitrogens with zero attached hydrogens (tertiary/aromatic N) is 2. The van der Waals surface area contributed by atoms with Crippen molar-refractivity contribution in [1.29, 1.82) is 0 Å². The average Bonchev–Trinajstić information content (AvgIpc) is 3.12. The standard InChI is InChI=1S/C14H20ClN3O2S/c1-10-6-13(7-16-14(10)15)21(19,20)17-12-4-5-18(9-12)8-11-2-3-11/h6-7,11-12,17H,2-5,8-9H2,1H3. The van der Waals surface area contributed by atoms with Crippen molar-refractivity contribution >= 4 is 21.6 Å². The van der Waals surface area contributed by atoms with E-state index in [1.165, 1.54) is 19.0 Å². The number of nitrogens with one attached hydrogen (secondary N) is 1. The molecule has 0 spiro atoms.